The number of ether oxygens (including phenoxy) is 1. The van der Waals surface area contributed by atoms with E-state index in [1.807, 2.05) is 6.08 Å². The van der Waals surface area contributed by atoms with Crippen molar-refractivity contribution in [2.75, 3.05) is 6.61 Å². The standard InChI is InChI=1S/C6H10OS/c1-2-3-6(8)5-4-7-5/h2,5-6,8H,1,3-4H2. The molecule has 0 aromatic rings. The van der Waals surface area contributed by atoms with Gasteiger partial charge in [0, 0.05) is 5.25 Å². The first-order chi connectivity index (χ1) is 3.84. The SMILES string of the molecule is C=CCC(S)C1CO1. The Morgan fingerprint density at radius 1 is 2.00 bits per heavy atom. The van der Waals surface area contributed by atoms with Gasteiger partial charge in [-0.25, -0.2) is 0 Å². The first-order valence-electron chi connectivity index (χ1n) is 2.75. The summed E-state index contributed by atoms with van der Waals surface area (Å²) in [4.78, 5) is 0. The molecule has 1 nitrogen and oxygen atoms in total. The Kier molecular flexibility index (Phi) is 1.97. The van der Waals surface area contributed by atoms with Crippen LogP contribution in [-0.2, 0) is 4.74 Å². The van der Waals surface area contributed by atoms with Gasteiger partial charge in [0.15, 0.2) is 0 Å². The molecule has 1 aliphatic rings. The van der Waals surface area contributed by atoms with E-state index in [1.165, 1.54) is 0 Å². The Labute approximate surface area is 55.1 Å². The van der Waals surface area contributed by atoms with Crippen LogP contribution in [0, 0.1) is 0 Å². The van der Waals surface area contributed by atoms with Crippen LogP contribution in [0.15, 0.2) is 12.7 Å². The quantitative estimate of drug-likeness (QED) is 0.344. The van der Waals surface area contributed by atoms with Crippen molar-refractivity contribution in [3.63, 3.8) is 0 Å². The summed E-state index contributed by atoms with van der Waals surface area (Å²) in [5.74, 6) is 0. The Bertz CT molecular complexity index is 88.5. The summed E-state index contributed by atoms with van der Waals surface area (Å²) in [6, 6.07) is 0. The molecular weight excluding hydrogens is 120 g/mol. The second kappa shape index (κ2) is 2.55. The van der Waals surface area contributed by atoms with Gasteiger partial charge in [-0.1, -0.05) is 6.08 Å². The molecule has 2 atom stereocenters. The Morgan fingerprint density at radius 2 is 2.62 bits per heavy atom. The molecule has 0 amide bonds. The molecule has 0 aromatic carbocycles. The van der Waals surface area contributed by atoms with E-state index in [0.29, 0.717) is 11.4 Å². The second-order valence-electron chi connectivity index (χ2n) is 1.96. The monoisotopic (exact) mass is 130 g/mol. The molecule has 0 bridgehead atoms. The average molecular weight is 130 g/mol. The van der Waals surface area contributed by atoms with Gasteiger partial charge in [0.05, 0.1) is 12.7 Å². The molecular formula is C6H10OS. The molecule has 1 heterocycles. The zero-order valence-corrected chi connectivity index (χ0v) is 5.60. The highest BCUT2D eigenvalue weighted by atomic mass is 32.1. The molecule has 0 saturated carbocycles. The second-order valence-corrected chi connectivity index (χ2v) is 2.63. The third kappa shape index (κ3) is 1.53. The van der Waals surface area contributed by atoms with E-state index in [1.54, 1.807) is 0 Å². The van der Waals surface area contributed by atoms with Crippen molar-refractivity contribution in [2.45, 2.75) is 17.8 Å². The number of hydrogen-bond donors (Lipinski definition) is 1. The maximum Gasteiger partial charge on any atom is 0.0928 e. The minimum absolute atomic E-state index is 0.382. The molecule has 1 saturated heterocycles. The number of epoxide rings is 1. The fraction of sp³-hybridized carbons (Fsp3) is 0.667. The Hall–Kier alpha value is 0.0500. The van der Waals surface area contributed by atoms with E-state index in [-0.39, 0.29) is 0 Å². The summed E-state index contributed by atoms with van der Waals surface area (Å²) >= 11 is 4.27. The molecule has 8 heavy (non-hydrogen) atoms. The third-order valence-corrected chi connectivity index (χ3v) is 1.74. The lowest BCUT2D eigenvalue weighted by Gasteiger charge is -1.99. The van der Waals surface area contributed by atoms with Crippen LogP contribution in [0.3, 0.4) is 0 Å². The highest BCUT2D eigenvalue weighted by molar-refractivity contribution is 7.81. The molecule has 1 aliphatic heterocycles. The first-order valence-corrected chi connectivity index (χ1v) is 3.27. The van der Waals surface area contributed by atoms with Crippen molar-refractivity contribution in [1.82, 2.24) is 0 Å². The minimum Gasteiger partial charge on any atom is -0.372 e. The van der Waals surface area contributed by atoms with Crippen LogP contribution < -0.4 is 0 Å². The summed E-state index contributed by atoms with van der Waals surface area (Å²) < 4.78 is 5.00. The van der Waals surface area contributed by atoms with Gasteiger partial charge in [-0.05, 0) is 6.42 Å². The lowest BCUT2D eigenvalue weighted by Crippen LogP contribution is -2.04. The van der Waals surface area contributed by atoms with E-state index in [9.17, 15) is 0 Å². The molecule has 0 spiro atoms. The van der Waals surface area contributed by atoms with Crippen LogP contribution in [0.1, 0.15) is 6.42 Å². The predicted molar refractivity (Wildman–Crippen MR) is 37.3 cm³/mol. The van der Waals surface area contributed by atoms with Crippen LogP contribution in [0.2, 0.25) is 0 Å². The van der Waals surface area contributed by atoms with E-state index in [4.69, 9.17) is 4.74 Å². The maximum absolute atomic E-state index is 5.00. The zero-order valence-electron chi connectivity index (χ0n) is 4.71. The van der Waals surface area contributed by atoms with Crippen molar-refractivity contribution in [2.24, 2.45) is 0 Å². The summed E-state index contributed by atoms with van der Waals surface area (Å²) in [5, 5.41) is 0.382. The van der Waals surface area contributed by atoms with Crippen molar-refractivity contribution < 1.29 is 4.74 Å². The topological polar surface area (TPSA) is 12.5 Å². The minimum atomic E-state index is 0.382. The number of rotatable bonds is 3. The average Bonchev–Trinajstić information content (AvgIpc) is 2.45. The van der Waals surface area contributed by atoms with E-state index in [0.717, 1.165) is 13.0 Å². The van der Waals surface area contributed by atoms with Gasteiger partial charge in [0.1, 0.15) is 0 Å². The van der Waals surface area contributed by atoms with Crippen molar-refractivity contribution >= 4 is 12.6 Å². The smallest absolute Gasteiger partial charge is 0.0928 e. The maximum atomic E-state index is 5.00. The lowest BCUT2D eigenvalue weighted by atomic mass is 10.2. The fourth-order valence-electron chi connectivity index (χ4n) is 0.600. The van der Waals surface area contributed by atoms with Crippen molar-refractivity contribution in [3.05, 3.63) is 12.7 Å². The predicted octanol–water partition coefficient (Wildman–Crippen LogP) is 1.26. The van der Waals surface area contributed by atoms with Gasteiger partial charge in [0.25, 0.3) is 0 Å². The van der Waals surface area contributed by atoms with Crippen molar-refractivity contribution in [1.29, 1.82) is 0 Å². The van der Waals surface area contributed by atoms with Crippen LogP contribution in [0.4, 0.5) is 0 Å². The molecule has 2 heteroatoms. The fourth-order valence-corrected chi connectivity index (χ4v) is 0.921. The molecule has 0 aliphatic carbocycles. The first kappa shape index (κ1) is 6.17. The molecule has 0 N–H and O–H groups in total. The third-order valence-electron chi connectivity index (χ3n) is 1.20. The van der Waals surface area contributed by atoms with E-state index >= 15 is 0 Å². The van der Waals surface area contributed by atoms with Crippen LogP contribution in [-0.4, -0.2) is 18.0 Å². The Morgan fingerprint density at radius 3 is 3.00 bits per heavy atom. The highest BCUT2D eigenvalue weighted by Crippen LogP contribution is 2.21. The summed E-state index contributed by atoms with van der Waals surface area (Å²) in [6.45, 7) is 4.50. The van der Waals surface area contributed by atoms with Gasteiger partial charge in [-0.2, -0.15) is 12.6 Å². The van der Waals surface area contributed by atoms with E-state index in [2.05, 4.69) is 19.2 Å². The number of thiol groups is 1. The zero-order chi connectivity index (χ0) is 5.98. The normalized spacial score (nSPS) is 29.4. The molecule has 0 radical (unpaired) electrons. The lowest BCUT2D eigenvalue weighted by molar-refractivity contribution is 0.403. The van der Waals surface area contributed by atoms with Gasteiger partial charge < -0.3 is 4.74 Å². The van der Waals surface area contributed by atoms with Crippen LogP contribution in [0.5, 0.6) is 0 Å². The summed E-state index contributed by atoms with van der Waals surface area (Å²) in [5.41, 5.74) is 0. The van der Waals surface area contributed by atoms with Gasteiger partial charge in [-0.3, -0.25) is 0 Å². The van der Waals surface area contributed by atoms with Crippen LogP contribution in [0.25, 0.3) is 0 Å². The van der Waals surface area contributed by atoms with Gasteiger partial charge in [-0.15, -0.1) is 6.58 Å². The molecule has 1 fully saturated rings. The van der Waals surface area contributed by atoms with Crippen molar-refractivity contribution in [3.8, 4) is 0 Å². The number of allylic oxidation sites excluding steroid dienone is 1. The van der Waals surface area contributed by atoms with Crippen LogP contribution >= 0.6 is 12.6 Å². The highest BCUT2D eigenvalue weighted by Gasteiger charge is 2.28. The van der Waals surface area contributed by atoms with Gasteiger partial charge >= 0.3 is 0 Å². The molecule has 46 valence electrons. The van der Waals surface area contributed by atoms with E-state index < -0.39 is 0 Å². The summed E-state index contributed by atoms with van der Waals surface area (Å²) in [7, 11) is 0. The van der Waals surface area contributed by atoms with Gasteiger partial charge in [0.2, 0.25) is 0 Å². The summed E-state index contributed by atoms with van der Waals surface area (Å²) in [6.07, 6.45) is 3.24. The molecule has 1 rings (SSSR count). The largest absolute Gasteiger partial charge is 0.372 e. The molecule has 0 aromatic heterocycles. The molecule has 2 unspecified atom stereocenters. The Balaban J connectivity index is 2.12. The number of hydrogen-bond acceptors (Lipinski definition) is 2.